The van der Waals surface area contributed by atoms with Gasteiger partial charge in [0.1, 0.15) is 0 Å². The van der Waals surface area contributed by atoms with Gasteiger partial charge in [0.2, 0.25) is 0 Å². The van der Waals surface area contributed by atoms with E-state index in [1.54, 1.807) is 0 Å². The zero-order valence-corrected chi connectivity index (χ0v) is 10.9. The molecule has 0 spiro atoms. The van der Waals surface area contributed by atoms with Gasteiger partial charge in [-0.05, 0) is 64.0 Å². The molecular formula is C14H23N3. The van der Waals surface area contributed by atoms with Crippen molar-refractivity contribution in [2.45, 2.75) is 26.3 Å². The number of aromatic nitrogens is 1. The Bertz CT molecular complexity index is 343. The summed E-state index contributed by atoms with van der Waals surface area (Å²) in [5.74, 6) is 0.843. The van der Waals surface area contributed by atoms with Gasteiger partial charge < -0.3 is 10.2 Å². The van der Waals surface area contributed by atoms with Crippen LogP contribution in [0, 0.1) is 12.8 Å². The van der Waals surface area contributed by atoms with E-state index in [-0.39, 0.29) is 0 Å². The van der Waals surface area contributed by atoms with Gasteiger partial charge in [-0.15, -0.1) is 0 Å². The Morgan fingerprint density at radius 2 is 2.18 bits per heavy atom. The predicted molar refractivity (Wildman–Crippen MR) is 70.9 cm³/mol. The van der Waals surface area contributed by atoms with Gasteiger partial charge in [0, 0.05) is 12.7 Å². The lowest BCUT2D eigenvalue weighted by Crippen LogP contribution is -2.34. The minimum Gasteiger partial charge on any atom is -0.311 e. The van der Waals surface area contributed by atoms with Crippen molar-refractivity contribution in [3.05, 3.63) is 29.6 Å². The Kier molecular flexibility index (Phi) is 4.51. The van der Waals surface area contributed by atoms with Crippen LogP contribution in [0.1, 0.15) is 24.1 Å². The molecule has 1 aromatic heterocycles. The molecule has 1 fully saturated rings. The van der Waals surface area contributed by atoms with Crippen LogP contribution >= 0.6 is 0 Å². The molecule has 0 unspecified atom stereocenters. The number of pyridine rings is 1. The van der Waals surface area contributed by atoms with Crippen LogP contribution in [0.2, 0.25) is 0 Å². The molecule has 0 saturated carbocycles. The average molecular weight is 233 g/mol. The highest BCUT2D eigenvalue weighted by molar-refractivity contribution is 5.17. The standard InChI is InChI=1S/C14H23N3/c1-12-4-3-7-16-14(12)11-15-10-13-5-8-17(2)9-6-13/h3-4,7,13,15H,5-6,8-11H2,1-2H3. The molecule has 1 aliphatic rings. The fraction of sp³-hybridized carbons (Fsp3) is 0.643. The fourth-order valence-corrected chi connectivity index (χ4v) is 2.36. The molecule has 0 amide bonds. The summed E-state index contributed by atoms with van der Waals surface area (Å²) in [6.07, 6.45) is 4.52. The van der Waals surface area contributed by atoms with Crippen LogP contribution in [0.5, 0.6) is 0 Å². The maximum absolute atomic E-state index is 4.40. The molecule has 94 valence electrons. The van der Waals surface area contributed by atoms with E-state index in [9.17, 15) is 0 Å². The van der Waals surface area contributed by atoms with Crippen LogP contribution < -0.4 is 5.32 Å². The molecule has 0 aliphatic carbocycles. The van der Waals surface area contributed by atoms with Gasteiger partial charge in [0.25, 0.3) is 0 Å². The second-order valence-electron chi connectivity index (χ2n) is 5.14. The third kappa shape index (κ3) is 3.79. The van der Waals surface area contributed by atoms with E-state index in [2.05, 4.69) is 35.2 Å². The first-order valence-electron chi connectivity index (χ1n) is 6.55. The monoisotopic (exact) mass is 233 g/mol. The summed E-state index contributed by atoms with van der Waals surface area (Å²) < 4.78 is 0. The van der Waals surface area contributed by atoms with Crippen molar-refractivity contribution in [2.75, 3.05) is 26.7 Å². The number of hydrogen-bond acceptors (Lipinski definition) is 3. The smallest absolute Gasteiger partial charge is 0.0570 e. The number of hydrogen-bond donors (Lipinski definition) is 1. The zero-order valence-electron chi connectivity index (χ0n) is 10.9. The summed E-state index contributed by atoms with van der Waals surface area (Å²) in [5.41, 5.74) is 2.46. The molecule has 0 atom stereocenters. The van der Waals surface area contributed by atoms with E-state index in [0.29, 0.717) is 0 Å². The van der Waals surface area contributed by atoms with E-state index in [0.717, 1.165) is 19.0 Å². The van der Waals surface area contributed by atoms with E-state index >= 15 is 0 Å². The number of rotatable bonds is 4. The summed E-state index contributed by atoms with van der Waals surface area (Å²) in [6, 6.07) is 4.12. The van der Waals surface area contributed by atoms with E-state index in [1.807, 2.05) is 12.3 Å². The molecule has 1 N–H and O–H groups in total. The molecule has 0 radical (unpaired) electrons. The lowest BCUT2D eigenvalue weighted by molar-refractivity contribution is 0.216. The van der Waals surface area contributed by atoms with Gasteiger partial charge >= 0.3 is 0 Å². The lowest BCUT2D eigenvalue weighted by Gasteiger charge is -2.29. The molecule has 0 aromatic carbocycles. The van der Waals surface area contributed by atoms with Crippen molar-refractivity contribution in [3.63, 3.8) is 0 Å². The van der Waals surface area contributed by atoms with Crippen LogP contribution in [0.3, 0.4) is 0 Å². The van der Waals surface area contributed by atoms with Gasteiger partial charge in [-0.1, -0.05) is 6.07 Å². The molecule has 3 heteroatoms. The normalized spacial score (nSPS) is 18.5. The van der Waals surface area contributed by atoms with Gasteiger partial charge in [-0.3, -0.25) is 4.98 Å². The second-order valence-corrected chi connectivity index (χ2v) is 5.14. The zero-order chi connectivity index (χ0) is 12.1. The number of nitrogens with zero attached hydrogens (tertiary/aromatic N) is 2. The molecule has 2 heterocycles. The van der Waals surface area contributed by atoms with Crippen molar-refractivity contribution in [3.8, 4) is 0 Å². The van der Waals surface area contributed by atoms with Crippen molar-refractivity contribution in [1.29, 1.82) is 0 Å². The predicted octanol–water partition coefficient (Wildman–Crippen LogP) is 1.82. The highest BCUT2D eigenvalue weighted by atomic mass is 15.1. The summed E-state index contributed by atoms with van der Waals surface area (Å²) in [4.78, 5) is 6.82. The van der Waals surface area contributed by atoms with E-state index in [4.69, 9.17) is 0 Å². The lowest BCUT2D eigenvalue weighted by atomic mass is 9.97. The highest BCUT2D eigenvalue weighted by Crippen LogP contribution is 2.14. The molecule has 3 nitrogen and oxygen atoms in total. The summed E-state index contributed by atoms with van der Waals surface area (Å²) in [6.45, 7) is 6.65. The Morgan fingerprint density at radius 3 is 2.88 bits per heavy atom. The average Bonchev–Trinajstić information content (AvgIpc) is 2.34. The SMILES string of the molecule is Cc1cccnc1CNCC1CCN(C)CC1. The van der Waals surface area contributed by atoms with Gasteiger partial charge in [-0.25, -0.2) is 0 Å². The minimum atomic E-state index is 0.843. The number of aryl methyl sites for hydroxylation is 1. The fourth-order valence-electron chi connectivity index (χ4n) is 2.36. The van der Waals surface area contributed by atoms with Crippen molar-refractivity contribution in [1.82, 2.24) is 15.2 Å². The maximum Gasteiger partial charge on any atom is 0.0570 e. The number of piperidine rings is 1. The van der Waals surface area contributed by atoms with Crippen molar-refractivity contribution < 1.29 is 0 Å². The van der Waals surface area contributed by atoms with Crippen LogP contribution in [-0.4, -0.2) is 36.6 Å². The molecule has 1 saturated heterocycles. The Balaban J connectivity index is 1.71. The Morgan fingerprint density at radius 1 is 1.41 bits per heavy atom. The molecule has 1 aromatic rings. The molecular weight excluding hydrogens is 210 g/mol. The first kappa shape index (κ1) is 12.5. The summed E-state index contributed by atoms with van der Waals surface area (Å²) >= 11 is 0. The molecule has 1 aliphatic heterocycles. The first-order valence-corrected chi connectivity index (χ1v) is 6.55. The summed E-state index contributed by atoms with van der Waals surface area (Å²) in [5, 5.41) is 3.55. The van der Waals surface area contributed by atoms with Crippen LogP contribution in [0.15, 0.2) is 18.3 Å². The van der Waals surface area contributed by atoms with Crippen LogP contribution in [-0.2, 0) is 6.54 Å². The van der Waals surface area contributed by atoms with Gasteiger partial charge in [-0.2, -0.15) is 0 Å². The summed E-state index contributed by atoms with van der Waals surface area (Å²) in [7, 11) is 2.21. The Labute approximate surface area is 104 Å². The van der Waals surface area contributed by atoms with E-state index in [1.165, 1.54) is 37.2 Å². The third-order valence-corrected chi connectivity index (χ3v) is 3.68. The maximum atomic E-state index is 4.40. The van der Waals surface area contributed by atoms with Crippen molar-refractivity contribution >= 4 is 0 Å². The first-order chi connectivity index (χ1) is 8.25. The third-order valence-electron chi connectivity index (χ3n) is 3.68. The van der Waals surface area contributed by atoms with E-state index < -0.39 is 0 Å². The number of nitrogens with one attached hydrogen (secondary N) is 1. The van der Waals surface area contributed by atoms with Crippen molar-refractivity contribution in [2.24, 2.45) is 5.92 Å². The molecule has 0 bridgehead atoms. The molecule has 2 rings (SSSR count). The molecule has 17 heavy (non-hydrogen) atoms. The van der Waals surface area contributed by atoms with Crippen LogP contribution in [0.25, 0.3) is 0 Å². The van der Waals surface area contributed by atoms with Gasteiger partial charge in [0.05, 0.1) is 5.69 Å². The highest BCUT2D eigenvalue weighted by Gasteiger charge is 2.15. The minimum absolute atomic E-state index is 0.843. The van der Waals surface area contributed by atoms with Crippen LogP contribution in [0.4, 0.5) is 0 Å². The topological polar surface area (TPSA) is 28.2 Å². The quantitative estimate of drug-likeness (QED) is 0.860. The second kappa shape index (κ2) is 6.12. The number of likely N-dealkylation sites (tertiary alicyclic amines) is 1. The van der Waals surface area contributed by atoms with Gasteiger partial charge in [0.15, 0.2) is 0 Å². The largest absolute Gasteiger partial charge is 0.311 e. The Hall–Kier alpha value is -0.930.